The second-order valence-corrected chi connectivity index (χ2v) is 4.35. The van der Waals surface area contributed by atoms with Crippen LogP contribution in [0.2, 0.25) is 0 Å². The molecule has 0 saturated carbocycles. The van der Waals surface area contributed by atoms with Crippen molar-refractivity contribution >= 4 is 0 Å². The third-order valence-electron chi connectivity index (χ3n) is 2.87. The Kier molecular flexibility index (Phi) is 3.81. The van der Waals surface area contributed by atoms with Crippen LogP contribution in [0.3, 0.4) is 0 Å². The zero-order chi connectivity index (χ0) is 14.0. The Bertz CT molecular complexity index is 576. The maximum absolute atomic E-state index is 13.3. The Morgan fingerprint density at radius 2 is 1.79 bits per heavy atom. The van der Waals surface area contributed by atoms with Crippen molar-refractivity contribution in [3.05, 3.63) is 64.7 Å². The number of hydrogen-bond acceptors (Lipinski definition) is 2. The minimum absolute atomic E-state index is 0.271. The van der Waals surface area contributed by atoms with Gasteiger partial charge in [-0.15, -0.1) is 0 Å². The van der Waals surface area contributed by atoms with Gasteiger partial charge in [0, 0.05) is 5.56 Å². The van der Waals surface area contributed by atoms with Gasteiger partial charge in [0.25, 0.3) is 0 Å². The fourth-order valence-corrected chi connectivity index (χ4v) is 2.02. The van der Waals surface area contributed by atoms with Crippen LogP contribution in [0.4, 0.5) is 8.78 Å². The van der Waals surface area contributed by atoms with Crippen LogP contribution in [0.15, 0.2) is 36.4 Å². The number of rotatable bonds is 3. The molecule has 0 aliphatic carbocycles. The summed E-state index contributed by atoms with van der Waals surface area (Å²) in [5.41, 5.74) is 1.32. The average molecular weight is 264 g/mol. The zero-order valence-corrected chi connectivity index (χ0v) is 10.7. The summed E-state index contributed by atoms with van der Waals surface area (Å²) in [4.78, 5) is 0. The molecular formula is C15H14F2O2. The molecule has 19 heavy (non-hydrogen) atoms. The molecule has 1 unspecified atom stereocenters. The second-order valence-electron chi connectivity index (χ2n) is 4.35. The van der Waals surface area contributed by atoms with Crippen molar-refractivity contribution in [3.8, 4) is 5.75 Å². The quantitative estimate of drug-likeness (QED) is 0.921. The summed E-state index contributed by atoms with van der Waals surface area (Å²) in [5.74, 6) is -0.566. The molecule has 2 aromatic carbocycles. The maximum Gasteiger partial charge on any atom is 0.125 e. The Morgan fingerprint density at radius 1 is 1.05 bits per heavy atom. The number of halogens is 2. The minimum atomic E-state index is -1.14. The van der Waals surface area contributed by atoms with E-state index in [0.29, 0.717) is 16.9 Å². The molecule has 100 valence electrons. The number of benzene rings is 2. The first-order valence-corrected chi connectivity index (χ1v) is 5.80. The van der Waals surface area contributed by atoms with E-state index in [0.717, 1.165) is 0 Å². The summed E-state index contributed by atoms with van der Waals surface area (Å²) in [6.45, 7) is 1.72. The highest BCUT2D eigenvalue weighted by Gasteiger charge is 2.17. The van der Waals surface area contributed by atoms with Gasteiger partial charge in [0.2, 0.25) is 0 Å². The van der Waals surface area contributed by atoms with Crippen LogP contribution in [0.25, 0.3) is 0 Å². The average Bonchev–Trinajstić information content (AvgIpc) is 2.36. The lowest BCUT2D eigenvalue weighted by atomic mass is 9.99. The van der Waals surface area contributed by atoms with Crippen molar-refractivity contribution in [2.45, 2.75) is 13.0 Å². The second kappa shape index (κ2) is 5.36. The van der Waals surface area contributed by atoms with Crippen molar-refractivity contribution in [1.29, 1.82) is 0 Å². The molecule has 4 heteroatoms. The monoisotopic (exact) mass is 264 g/mol. The Labute approximate surface area is 110 Å². The third kappa shape index (κ3) is 2.90. The molecule has 0 fully saturated rings. The van der Waals surface area contributed by atoms with Gasteiger partial charge in [0.05, 0.1) is 7.11 Å². The fraction of sp³-hybridized carbons (Fsp3) is 0.200. The standard InChI is InChI=1S/C15H14F2O2/c1-9-5-10(7-12(17)6-9)15(18)13-8-11(16)3-4-14(13)19-2/h3-8,15,18H,1-2H3. The minimum Gasteiger partial charge on any atom is -0.496 e. The van der Waals surface area contributed by atoms with Gasteiger partial charge in [-0.05, 0) is 48.4 Å². The predicted octanol–water partition coefficient (Wildman–Crippen LogP) is 3.36. The van der Waals surface area contributed by atoms with Gasteiger partial charge in [-0.2, -0.15) is 0 Å². The number of hydrogen-bond donors (Lipinski definition) is 1. The lowest BCUT2D eigenvalue weighted by molar-refractivity contribution is 0.213. The Morgan fingerprint density at radius 3 is 2.42 bits per heavy atom. The lowest BCUT2D eigenvalue weighted by Gasteiger charge is -2.16. The molecule has 1 N–H and O–H groups in total. The van der Waals surface area contributed by atoms with E-state index in [9.17, 15) is 13.9 Å². The zero-order valence-electron chi connectivity index (χ0n) is 10.7. The van der Waals surface area contributed by atoms with Crippen LogP contribution >= 0.6 is 0 Å². The molecule has 0 saturated heterocycles. The summed E-state index contributed by atoms with van der Waals surface area (Å²) in [6.07, 6.45) is -1.14. The molecule has 2 nitrogen and oxygen atoms in total. The van der Waals surface area contributed by atoms with Gasteiger partial charge in [0.15, 0.2) is 0 Å². The van der Waals surface area contributed by atoms with Gasteiger partial charge in [-0.25, -0.2) is 8.78 Å². The van der Waals surface area contributed by atoms with E-state index in [2.05, 4.69) is 0 Å². The third-order valence-corrected chi connectivity index (χ3v) is 2.87. The fourth-order valence-electron chi connectivity index (χ4n) is 2.02. The molecule has 0 aliphatic heterocycles. The smallest absolute Gasteiger partial charge is 0.125 e. The van der Waals surface area contributed by atoms with Crippen molar-refractivity contribution in [2.75, 3.05) is 7.11 Å². The van der Waals surface area contributed by atoms with Crippen molar-refractivity contribution in [2.24, 2.45) is 0 Å². The molecule has 0 heterocycles. The van der Waals surface area contributed by atoms with Crippen LogP contribution in [0.5, 0.6) is 5.75 Å². The molecule has 2 rings (SSSR count). The van der Waals surface area contributed by atoms with Gasteiger partial charge < -0.3 is 9.84 Å². The van der Waals surface area contributed by atoms with E-state index in [-0.39, 0.29) is 5.56 Å². The Hall–Kier alpha value is -1.94. The number of aliphatic hydroxyl groups is 1. The molecule has 0 aromatic heterocycles. The lowest BCUT2D eigenvalue weighted by Crippen LogP contribution is -2.04. The van der Waals surface area contributed by atoms with Crippen LogP contribution in [0.1, 0.15) is 22.8 Å². The molecule has 1 atom stereocenters. The molecule has 0 spiro atoms. The predicted molar refractivity (Wildman–Crippen MR) is 68.2 cm³/mol. The summed E-state index contributed by atoms with van der Waals surface area (Å²) in [6, 6.07) is 8.09. The van der Waals surface area contributed by atoms with Gasteiger partial charge >= 0.3 is 0 Å². The van der Waals surface area contributed by atoms with Gasteiger partial charge in [0.1, 0.15) is 23.5 Å². The van der Waals surface area contributed by atoms with E-state index in [4.69, 9.17) is 4.74 Å². The number of methoxy groups -OCH3 is 1. The van der Waals surface area contributed by atoms with Crippen LogP contribution in [-0.2, 0) is 0 Å². The van der Waals surface area contributed by atoms with E-state index < -0.39 is 17.7 Å². The van der Waals surface area contributed by atoms with Crippen LogP contribution in [-0.4, -0.2) is 12.2 Å². The SMILES string of the molecule is COc1ccc(F)cc1C(O)c1cc(C)cc(F)c1. The number of aliphatic hydroxyl groups excluding tert-OH is 1. The van der Waals surface area contributed by atoms with Crippen molar-refractivity contribution in [1.82, 2.24) is 0 Å². The molecule has 2 aromatic rings. The summed E-state index contributed by atoms with van der Waals surface area (Å²) in [7, 11) is 1.43. The van der Waals surface area contributed by atoms with Gasteiger partial charge in [-0.3, -0.25) is 0 Å². The number of aryl methyl sites for hydroxylation is 1. The molecule has 0 aliphatic rings. The van der Waals surface area contributed by atoms with Crippen LogP contribution in [0, 0.1) is 18.6 Å². The van der Waals surface area contributed by atoms with E-state index in [1.54, 1.807) is 13.0 Å². The van der Waals surface area contributed by atoms with Crippen molar-refractivity contribution in [3.63, 3.8) is 0 Å². The van der Waals surface area contributed by atoms with E-state index in [1.165, 1.54) is 37.4 Å². The molecule has 0 amide bonds. The summed E-state index contributed by atoms with van der Waals surface area (Å²) in [5, 5.41) is 10.3. The Balaban J connectivity index is 2.48. The summed E-state index contributed by atoms with van der Waals surface area (Å²) < 4.78 is 31.7. The van der Waals surface area contributed by atoms with Gasteiger partial charge in [-0.1, -0.05) is 6.07 Å². The van der Waals surface area contributed by atoms with E-state index in [1.807, 2.05) is 0 Å². The first kappa shape index (κ1) is 13.5. The molecule has 0 radical (unpaired) electrons. The normalized spacial score (nSPS) is 12.3. The topological polar surface area (TPSA) is 29.5 Å². The summed E-state index contributed by atoms with van der Waals surface area (Å²) >= 11 is 0. The first-order valence-electron chi connectivity index (χ1n) is 5.80. The largest absolute Gasteiger partial charge is 0.496 e. The van der Waals surface area contributed by atoms with E-state index >= 15 is 0 Å². The molecular weight excluding hydrogens is 250 g/mol. The highest BCUT2D eigenvalue weighted by atomic mass is 19.1. The highest BCUT2D eigenvalue weighted by molar-refractivity contribution is 5.41. The number of ether oxygens (including phenoxy) is 1. The van der Waals surface area contributed by atoms with Crippen LogP contribution < -0.4 is 4.74 Å². The highest BCUT2D eigenvalue weighted by Crippen LogP contribution is 2.31. The van der Waals surface area contributed by atoms with Crippen molar-refractivity contribution < 1.29 is 18.6 Å². The molecule has 0 bridgehead atoms. The first-order chi connectivity index (χ1) is 9.01. The maximum atomic E-state index is 13.3.